The van der Waals surface area contributed by atoms with E-state index in [-0.39, 0.29) is 22.2 Å². The van der Waals surface area contributed by atoms with Crippen molar-refractivity contribution in [1.29, 1.82) is 0 Å². The summed E-state index contributed by atoms with van der Waals surface area (Å²) in [6.45, 7) is 4.02. The fraction of sp³-hybridized carbons (Fsp3) is 0.278. The van der Waals surface area contributed by atoms with Crippen LogP contribution in [0.15, 0.2) is 24.4 Å². The second-order valence-corrected chi connectivity index (χ2v) is 8.13. The van der Waals surface area contributed by atoms with E-state index in [9.17, 15) is 19.7 Å². The van der Waals surface area contributed by atoms with E-state index in [1.165, 1.54) is 23.5 Å². The number of carbonyl (C=O) groups is 2. The molecule has 13 heteroatoms. The topological polar surface area (TPSA) is 134 Å². The van der Waals surface area contributed by atoms with E-state index in [0.717, 1.165) is 6.07 Å². The largest absolute Gasteiger partial charge is 0.339 e. The average Bonchev–Trinajstić information content (AvgIpc) is 3.15. The molecule has 1 saturated heterocycles. The van der Waals surface area contributed by atoms with Gasteiger partial charge in [0.1, 0.15) is 10.5 Å². The predicted molar refractivity (Wildman–Crippen MR) is 116 cm³/mol. The number of amides is 2. The van der Waals surface area contributed by atoms with Gasteiger partial charge in [-0.1, -0.05) is 22.9 Å². The minimum absolute atomic E-state index is 0.0462. The van der Waals surface area contributed by atoms with Crippen molar-refractivity contribution in [3.63, 3.8) is 0 Å². The molecule has 0 radical (unpaired) electrons. The van der Waals surface area contributed by atoms with Gasteiger partial charge in [0, 0.05) is 44.7 Å². The Bertz CT molecular complexity index is 1190. The molecule has 160 valence electrons. The number of nitro benzene ring substituents is 1. The molecule has 3 heterocycles. The lowest BCUT2D eigenvalue weighted by atomic mass is 10.2. The smallest absolute Gasteiger partial charge is 0.288 e. The van der Waals surface area contributed by atoms with Crippen LogP contribution in [0.25, 0.3) is 10.3 Å². The lowest BCUT2D eigenvalue weighted by Gasteiger charge is -2.34. The number of rotatable bonds is 4. The highest BCUT2D eigenvalue weighted by Gasteiger charge is 2.22. The van der Waals surface area contributed by atoms with Gasteiger partial charge in [0.2, 0.25) is 11.9 Å². The third-order valence-electron chi connectivity index (χ3n) is 4.77. The lowest BCUT2D eigenvalue weighted by molar-refractivity contribution is -0.384. The number of thiazole rings is 1. The highest BCUT2D eigenvalue weighted by atomic mass is 35.5. The molecule has 1 aliphatic rings. The summed E-state index contributed by atoms with van der Waals surface area (Å²) in [4.78, 5) is 51.9. The summed E-state index contributed by atoms with van der Waals surface area (Å²) in [7, 11) is 0. The third-order valence-corrected chi connectivity index (χ3v) is 5.97. The number of benzene rings is 1. The number of nitrogens with one attached hydrogen (secondary N) is 1. The Balaban J connectivity index is 1.50. The second-order valence-electron chi connectivity index (χ2n) is 6.75. The molecule has 0 bridgehead atoms. The number of piperazine rings is 1. The highest BCUT2D eigenvalue weighted by Crippen LogP contribution is 2.28. The van der Waals surface area contributed by atoms with E-state index < -0.39 is 10.8 Å². The molecule has 11 nitrogen and oxygen atoms in total. The molecule has 31 heavy (non-hydrogen) atoms. The molecule has 2 aromatic heterocycles. The first kappa shape index (κ1) is 20.9. The van der Waals surface area contributed by atoms with E-state index >= 15 is 0 Å². The van der Waals surface area contributed by atoms with Crippen LogP contribution in [0.2, 0.25) is 5.02 Å². The number of aromatic nitrogens is 3. The molecule has 4 rings (SSSR count). The van der Waals surface area contributed by atoms with Gasteiger partial charge < -0.3 is 9.80 Å². The summed E-state index contributed by atoms with van der Waals surface area (Å²) >= 11 is 6.96. The molecule has 0 saturated carbocycles. The number of hydrogen-bond acceptors (Lipinski definition) is 9. The molecule has 3 aromatic rings. The van der Waals surface area contributed by atoms with Gasteiger partial charge in [-0.25, -0.2) is 9.97 Å². The first-order valence-electron chi connectivity index (χ1n) is 9.21. The molecule has 1 aromatic carbocycles. The number of hydrogen-bond donors (Lipinski definition) is 1. The summed E-state index contributed by atoms with van der Waals surface area (Å²) in [5.41, 5.74) is 0.262. The van der Waals surface area contributed by atoms with Crippen molar-refractivity contribution < 1.29 is 14.5 Å². The minimum atomic E-state index is -0.649. The van der Waals surface area contributed by atoms with Crippen molar-refractivity contribution in [2.75, 3.05) is 36.4 Å². The molecule has 1 fully saturated rings. The van der Waals surface area contributed by atoms with Crippen molar-refractivity contribution in [3.05, 3.63) is 45.1 Å². The van der Waals surface area contributed by atoms with E-state index in [4.69, 9.17) is 11.6 Å². The maximum Gasteiger partial charge on any atom is 0.288 e. The number of anilines is 2. The molecular weight excluding hydrogens is 446 g/mol. The van der Waals surface area contributed by atoms with Gasteiger partial charge >= 0.3 is 0 Å². The van der Waals surface area contributed by atoms with Crippen LogP contribution in [0.1, 0.15) is 17.3 Å². The Kier molecular flexibility index (Phi) is 5.65. The molecular formula is C18H16ClN7O4S. The van der Waals surface area contributed by atoms with E-state index in [1.54, 1.807) is 18.0 Å². The Morgan fingerprint density at radius 3 is 2.65 bits per heavy atom. The van der Waals surface area contributed by atoms with Crippen molar-refractivity contribution in [2.45, 2.75) is 6.92 Å². The Morgan fingerprint density at radius 2 is 1.97 bits per heavy atom. The van der Waals surface area contributed by atoms with Crippen molar-refractivity contribution in [3.8, 4) is 0 Å². The fourth-order valence-corrected chi connectivity index (χ4v) is 4.10. The SMILES string of the molecule is CC(=O)N1CCN(c2ncc3nc(NC(=O)c4ccc(Cl)c([N+](=O)[O-])c4)sc3n2)CC1. The van der Waals surface area contributed by atoms with Crippen molar-refractivity contribution in [2.24, 2.45) is 0 Å². The maximum absolute atomic E-state index is 12.5. The van der Waals surface area contributed by atoms with Crippen LogP contribution in [0.4, 0.5) is 16.8 Å². The van der Waals surface area contributed by atoms with Crippen LogP contribution in [-0.2, 0) is 4.79 Å². The zero-order valence-corrected chi connectivity index (χ0v) is 17.8. The Labute approximate surface area is 184 Å². The summed E-state index contributed by atoms with van der Waals surface area (Å²) < 4.78 is 0. The van der Waals surface area contributed by atoms with Gasteiger partial charge in [0.05, 0.1) is 11.1 Å². The lowest BCUT2D eigenvalue weighted by Crippen LogP contribution is -2.48. The minimum Gasteiger partial charge on any atom is -0.339 e. The summed E-state index contributed by atoms with van der Waals surface area (Å²) in [6, 6.07) is 3.82. The average molecular weight is 462 g/mol. The predicted octanol–water partition coefficient (Wildman–Crippen LogP) is 2.57. The highest BCUT2D eigenvalue weighted by molar-refractivity contribution is 7.22. The normalized spacial score (nSPS) is 14.0. The van der Waals surface area contributed by atoms with Crippen molar-refractivity contribution >= 4 is 61.9 Å². The number of nitro groups is 1. The third kappa shape index (κ3) is 4.39. The number of carbonyl (C=O) groups excluding carboxylic acids is 2. The van der Waals surface area contributed by atoms with Crippen LogP contribution in [-0.4, -0.2) is 62.8 Å². The van der Waals surface area contributed by atoms with Gasteiger partial charge in [0.25, 0.3) is 11.6 Å². The fourth-order valence-electron chi connectivity index (χ4n) is 3.12. The first-order valence-corrected chi connectivity index (χ1v) is 10.4. The zero-order valence-electron chi connectivity index (χ0n) is 16.2. The quantitative estimate of drug-likeness (QED) is 0.462. The van der Waals surface area contributed by atoms with E-state index in [2.05, 4.69) is 20.3 Å². The maximum atomic E-state index is 12.5. The standard InChI is InChI=1S/C18H16ClN7O4S/c1-10(27)24-4-6-25(7-5-24)17-20-9-13-16(23-17)31-18(21-13)22-15(28)11-2-3-12(19)14(8-11)26(29)30/h2-3,8-9H,4-7H2,1H3,(H,21,22,28). The Hall–Kier alpha value is -3.38. The molecule has 0 unspecified atom stereocenters. The molecule has 0 aliphatic carbocycles. The number of fused-ring (bicyclic) bond motifs is 1. The molecule has 0 spiro atoms. The van der Waals surface area contributed by atoms with Crippen molar-refractivity contribution in [1.82, 2.24) is 19.9 Å². The monoisotopic (exact) mass is 461 g/mol. The number of halogens is 1. The summed E-state index contributed by atoms with van der Waals surface area (Å²) in [6.07, 6.45) is 1.58. The second kappa shape index (κ2) is 8.40. The van der Waals surface area contributed by atoms with Gasteiger partial charge in [-0.05, 0) is 12.1 Å². The molecule has 2 amide bonds. The van der Waals surface area contributed by atoms with Crippen LogP contribution >= 0.6 is 22.9 Å². The van der Waals surface area contributed by atoms with Gasteiger partial charge in [-0.3, -0.25) is 25.0 Å². The molecule has 0 atom stereocenters. The van der Waals surface area contributed by atoms with E-state index in [0.29, 0.717) is 47.6 Å². The molecule has 1 N–H and O–H groups in total. The Morgan fingerprint density at radius 1 is 1.23 bits per heavy atom. The number of nitrogens with zero attached hydrogens (tertiary/aromatic N) is 6. The van der Waals surface area contributed by atoms with Crippen LogP contribution in [0, 0.1) is 10.1 Å². The van der Waals surface area contributed by atoms with Gasteiger partial charge in [0.15, 0.2) is 9.96 Å². The summed E-state index contributed by atoms with van der Waals surface area (Å²) in [5, 5.41) is 13.9. The van der Waals surface area contributed by atoms with Gasteiger partial charge in [-0.2, -0.15) is 4.98 Å². The summed E-state index contributed by atoms with van der Waals surface area (Å²) in [5.74, 6) is 0.0304. The van der Waals surface area contributed by atoms with Gasteiger partial charge in [-0.15, -0.1) is 0 Å². The van der Waals surface area contributed by atoms with Crippen LogP contribution in [0.3, 0.4) is 0 Å². The molecule has 1 aliphatic heterocycles. The zero-order chi connectivity index (χ0) is 22.1. The van der Waals surface area contributed by atoms with Crippen LogP contribution in [0.5, 0.6) is 0 Å². The first-order chi connectivity index (χ1) is 14.8. The van der Waals surface area contributed by atoms with Crippen LogP contribution < -0.4 is 10.2 Å². The van der Waals surface area contributed by atoms with E-state index in [1.807, 2.05) is 4.90 Å².